The second-order valence-corrected chi connectivity index (χ2v) is 20.3. The van der Waals surface area contributed by atoms with E-state index in [1.54, 1.807) is 22.7 Å². The average molecular weight is 905 g/mol. The molecular formula is C46H52N10O6S2. The summed E-state index contributed by atoms with van der Waals surface area (Å²) in [6, 6.07) is 6.98. The Morgan fingerprint density at radius 3 is 1.44 bits per heavy atom. The number of carbonyl (C=O) groups excluding carboxylic acids is 4. The maximum atomic E-state index is 14.1. The van der Waals surface area contributed by atoms with Crippen molar-refractivity contribution in [2.75, 3.05) is 27.3 Å². The molecule has 6 heterocycles. The number of hydrogen-bond donors (Lipinski definition) is 4. The summed E-state index contributed by atoms with van der Waals surface area (Å²) in [5, 5.41) is 5.54. The van der Waals surface area contributed by atoms with Crippen molar-refractivity contribution >= 4 is 67.1 Å². The molecule has 18 heteroatoms. The number of imidazole rings is 2. The van der Waals surface area contributed by atoms with E-state index >= 15 is 0 Å². The minimum absolute atomic E-state index is 0.118. The van der Waals surface area contributed by atoms with Crippen molar-refractivity contribution in [3.8, 4) is 33.6 Å². The molecule has 2 aliphatic heterocycles. The fourth-order valence-electron chi connectivity index (χ4n) is 11.1. The smallest absolute Gasteiger partial charge is 0.407 e. The molecule has 2 saturated heterocycles. The third kappa shape index (κ3) is 6.65. The fraction of sp³-hybridized carbons (Fsp3) is 0.478. The van der Waals surface area contributed by atoms with Gasteiger partial charge in [-0.2, -0.15) is 0 Å². The molecule has 6 aromatic rings. The number of hydrogen-bond acceptors (Lipinski definition) is 12. The lowest BCUT2D eigenvalue weighted by atomic mass is 9.93. The standard InChI is InChI=1S/C46H52N10O6S2/c1-23(2)33(53-43(59)61-5)39(57)55-19-25-11-13-45(55,15-25)41-47-17-31(51-41)29-9-7-27(35-37(29)63-21-49-35)28-8-10-30(38-36(28)50-22-64-38)32-18-48-42(52-32)46-14-12-26(16-46)20-56(46)40(58)34(24(3)4)54-44(60)62-6/h7-10,17-18,21-26,33-34H,11-16,19-20H2,1-6H3,(H,47,51)(H,48,52)(H,53,59)(H,54,60)/t25-,26-,33+,34+,45+,46+/m1/s1. The Labute approximate surface area is 378 Å². The summed E-state index contributed by atoms with van der Waals surface area (Å²) in [7, 11) is 2.61. The summed E-state index contributed by atoms with van der Waals surface area (Å²) in [6.45, 7) is 8.94. The van der Waals surface area contributed by atoms with Gasteiger partial charge in [-0.1, -0.05) is 52.0 Å². The highest BCUT2D eigenvalue weighted by Gasteiger charge is 2.58. The van der Waals surface area contributed by atoms with E-state index in [1.807, 2.05) is 60.9 Å². The topological polar surface area (TPSA) is 200 Å². The van der Waals surface area contributed by atoms with Crippen molar-refractivity contribution in [1.29, 1.82) is 0 Å². The zero-order valence-electron chi connectivity index (χ0n) is 36.7. The summed E-state index contributed by atoms with van der Waals surface area (Å²) in [6.07, 6.45) is 7.71. The van der Waals surface area contributed by atoms with Crippen LogP contribution in [0.1, 0.15) is 77.9 Å². The Hall–Kier alpha value is -5.88. The normalized spacial score (nSPS) is 23.4. The minimum Gasteiger partial charge on any atom is -0.453 e. The first-order valence-corrected chi connectivity index (χ1v) is 23.8. The van der Waals surface area contributed by atoms with E-state index in [4.69, 9.17) is 29.4 Å². The van der Waals surface area contributed by atoms with E-state index in [9.17, 15) is 19.2 Å². The molecule has 64 heavy (non-hydrogen) atoms. The largest absolute Gasteiger partial charge is 0.453 e. The highest BCUT2D eigenvalue weighted by atomic mass is 32.1. The van der Waals surface area contributed by atoms with Crippen LogP contribution in [0.2, 0.25) is 0 Å². The average Bonchev–Trinajstić information content (AvgIpc) is 4.15. The Morgan fingerprint density at radius 1 is 0.656 bits per heavy atom. The fourth-order valence-corrected chi connectivity index (χ4v) is 12.8. The first-order valence-electron chi connectivity index (χ1n) is 22.0. The van der Waals surface area contributed by atoms with Crippen LogP contribution in [0.25, 0.3) is 54.1 Å². The number of alkyl carbamates (subject to hydrolysis) is 2. The van der Waals surface area contributed by atoms with Crippen molar-refractivity contribution < 1.29 is 28.7 Å². The van der Waals surface area contributed by atoms with Crippen molar-refractivity contribution in [3.05, 3.63) is 59.3 Å². The number of nitrogens with one attached hydrogen (secondary N) is 4. The van der Waals surface area contributed by atoms with Crippen molar-refractivity contribution in [2.45, 2.75) is 89.4 Å². The maximum Gasteiger partial charge on any atom is 0.407 e. The van der Waals surface area contributed by atoms with Gasteiger partial charge in [0.1, 0.15) is 34.8 Å². The van der Waals surface area contributed by atoms with Crippen LogP contribution in [0.3, 0.4) is 0 Å². The molecule has 10 rings (SSSR count). The highest BCUT2D eigenvalue weighted by Crippen LogP contribution is 2.54. The number of likely N-dealkylation sites (tertiary alicyclic amines) is 2. The molecule has 16 nitrogen and oxygen atoms in total. The Bertz CT molecular complexity index is 2620. The van der Waals surface area contributed by atoms with E-state index in [2.05, 4.69) is 44.9 Å². The number of H-pyrrole nitrogens is 2. The van der Waals surface area contributed by atoms with E-state index in [1.165, 1.54) is 14.2 Å². The molecule has 2 aromatic carbocycles. The Balaban J connectivity index is 0.942. The lowest BCUT2D eigenvalue weighted by Gasteiger charge is -2.40. The predicted octanol–water partition coefficient (Wildman–Crippen LogP) is 7.79. The van der Waals surface area contributed by atoms with Crippen molar-refractivity contribution in [1.82, 2.24) is 50.3 Å². The first kappa shape index (κ1) is 42.1. The number of ether oxygens (including phenoxy) is 2. The second kappa shape index (κ2) is 16.0. The number of nitrogens with zero attached hydrogens (tertiary/aromatic N) is 6. The van der Waals surface area contributed by atoms with Crippen LogP contribution in [0.4, 0.5) is 9.59 Å². The third-order valence-corrected chi connectivity index (χ3v) is 16.0. The number of rotatable bonds is 11. The number of carbonyl (C=O) groups is 4. The molecule has 0 spiro atoms. The molecule has 4 bridgehead atoms. The summed E-state index contributed by atoms with van der Waals surface area (Å²) in [5.74, 6) is 1.76. The summed E-state index contributed by atoms with van der Waals surface area (Å²) >= 11 is 3.14. The Kier molecular flexibility index (Phi) is 10.5. The maximum absolute atomic E-state index is 14.1. The van der Waals surface area contributed by atoms with E-state index in [0.717, 1.165) is 104 Å². The zero-order valence-corrected chi connectivity index (χ0v) is 38.3. The van der Waals surface area contributed by atoms with Gasteiger partial charge >= 0.3 is 12.2 Å². The molecular weight excluding hydrogens is 853 g/mol. The van der Waals surface area contributed by atoms with Gasteiger partial charge in [0.05, 0.1) is 69.5 Å². The van der Waals surface area contributed by atoms with Crippen LogP contribution in [0.15, 0.2) is 47.7 Å². The summed E-state index contributed by atoms with van der Waals surface area (Å²) in [4.78, 5) is 83.6. The van der Waals surface area contributed by atoms with Gasteiger partial charge in [0.25, 0.3) is 0 Å². The number of benzene rings is 2. The van der Waals surface area contributed by atoms with Crippen LogP contribution >= 0.6 is 22.7 Å². The quantitative estimate of drug-likeness (QED) is 0.0995. The lowest BCUT2D eigenvalue weighted by molar-refractivity contribution is -0.141. The van der Waals surface area contributed by atoms with Crippen LogP contribution in [0, 0.1) is 23.7 Å². The molecule has 0 unspecified atom stereocenters. The summed E-state index contributed by atoms with van der Waals surface area (Å²) in [5.41, 5.74) is 9.84. The van der Waals surface area contributed by atoms with Crippen LogP contribution in [-0.2, 0) is 30.1 Å². The predicted molar refractivity (Wildman–Crippen MR) is 243 cm³/mol. The molecule has 0 radical (unpaired) electrons. The number of aromatic amines is 2. The van der Waals surface area contributed by atoms with E-state index < -0.39 is 35.3 Å². The monoisotopic (exact) mass is 904 g/mol. The van der Waals surface area contributed by atoms with Gasteiger partial charge in [-0.25, -0.2) is 29.5 Å². The van der Waals surface area contributed by atoms with Crippen molar-refractivity contribution in [3.63, 3.8) is 0 Å². The van der Waals surface area contributed by atoms with Crippen molar-refractivity contribution in [2.24, 2.45) is 23.7 Å². The molecule has 4 amide bonds. The molecule has 4 aromatic heterocycles. The van der Waals surface area contributed by atoms with Gasteiger partial charge in [0.2, 0.25) is 11.8 Å². The number of fused-ring (bicyclic) bond motifs is 6. The van der Waals surface area contributed by atoms with Gasteiger partial charge in [0.15, 0.2) is 0 Å². The van der Waals surface area contributed by atoms with Gasteiger partial charge < -0.3 is 39.9 Å². The summed E-state index contributed by atoms with van der Waals surface area (Å²) < 4.78 is 11.7. The molecule has 334 valence electrons. The van der Waals surface area contributed by atoms with E-state index in [-0.39, 0.29) is 23.7 Å². The lowest BCUT2D eigenvalue weighted by Crippen LogP contribution is -2.56. The van der Waals surface area contributed by atoms with Gasteiger partial charge in [-0.15, -0.1) is 22.7 Å². The number of thiazole rings is 2. The van der Waals surface area contributed by atoms with Crippen LogP contribution < -0.4 is 10.6 Å². The number of amides is 4. The van der Waals surface area contributed by atoms with Gasteiger partial charge in [0, 0.05) is 35.3 Å². The zero-order chi connectivity index (χ0) is 44.7. The number of piperidine rings is 2. The third-order valence-electron chi connectivity index (χ3n) is 14.3. The number of methoxy groups -OCH3 is 2. The minimum atomic E-state index is -0.713. The molecule has 6 atom stereocenters. The van der Waals surface area contributed by atoms with Gasteiger partial charge in [-0.05, 0) is 62.2 Å². The van der Waals surface area contributed by atoms with Crippen LogP contribution in [0.5, 0.6) is 0 Å². The molecule has 2 aliphatic carbocycles. The number of aromatic nitrogens is 6. The van der Waals surface area contributed by atoms with Crippen LogP contribution in [-0.4, -0.2) is 103 Å². The highest BCUT2D eigenvalue weighted by molar-refractivity contribution is 7.17. The molecule has 2 saturated carbocycles. The molecule has 4 fully saturated rings. The van der Waals surface area contributed by atoms with Gasteiger partial charge in [-0.3, -0.25) is 9.59 Å². The second-order valence-electron chi connectivity index (χ2n) is 18.6. The first-order chi connectivity index (χ1) is 30.8. The molecule has 4 aliphatic rings. The molecule has 4 N–H and O–H groups in total. The SMILES string of the molecule is COC(=O)N[C@H](C(=O)N1C[C@@H]2CC[C@@]1(c1ncc(-c3ccc(-c4ccc(-c5cnc([C@@]67CC[C@@H](CN6C(=O)[C@@H](NC(=O)OC)C(C)C)C7)[nH]5)c5scnc45)c4ncsc34)[nH]1)C2)C(C)C. The van der Waals surface area contributed by atoms with E-state index in [0.29, 0.717) is 24.9 Å². The Morgan fingerprint density at radius 2 is 1.06 bits per heavy atom.